The zero-order valence-electron chi connectivity index (χ0n) is 15.3. The first kappa shape index (κ1) is 19.0. The molecule has 2 heterocycles. The van der Waals surface area contributed by atoms with Crippen LogP contribution in [0.4, 0.5) is 5.13 Å². The van der Waals surface area contributed by atoms with E-state index in [-0.39, 0.29) is 5.91 Å². The van der Waals surface area contributed by atoms with Crippen molar-refractivity contribution in [3.05, 3.63) is 65.3 Å². The van der Waals surface area contributed by atoms with Gasteiger partial charge in [-0.2, -0.15) is 10.1 Å². The number of fused-ring (bicyclic) bond motifs is 1. The third-order valence-corrected chi connectivity index (χ3v) is 6.28. The molecule has 0 fully saturated rings. The number of rotatable bonds is 5. The number of thioether (sulfide) groups is 1. The van der Waals surface area contributed by atoms with Gasteiger partial charge in [-0.05, 0) is 36.4 Å². The Morgan fingerprint density at radius 2 is 1.93 bits per heavy atom. The van der Waals surface area contributed by atoms with Crippen LogP contribution in [0.25, 0.3) is 10.2 Å². The maximum atomic E-state index is 13.0. The fourth-order valence-corrected chi connectivity index (χ4v) is 4.60. The lowest BCUT2D eigenvalue weighted by molar-refractivity contribution is -0.114. The topological polar surface area (TPSA) is 48.8 Å². The highest BCUT2D eigenvalue weighted by Gasteiger charge is 2.33. The number of hydrogen-bond acceptors (Lipinski definition) is 6. The van der Waals surface area contributed by atoms with Crippen molar-refractivity contribution in [2.24, 2.45) is 5.10 Å². The molecule has 0 radical (unpaired) electrons. The minimum absolute atomic E-state index is 0.153. The summed E-state index contributed by atoms with van der Waals surface area (Å²) in [5.41, 5.74) is 2.19. The number of carbonyl (C=O) groups excluding carboxylic acids is 1. The summed E-state index contributed by atoms with van der Waals surface area (Å²) >= 11 is 9.03. The molecule has 0 N–H and O–H groups in total. The maximum Gasteiger partial charge on any atom is 0.284 e. The molecule has 3 aromatic rings. The number of carbonyl (C=O) groups is 1. The number of hydrazone groups is 1. The zero-order chi connectivity index (χ0) is 19.7. The molecule has 1 amide bonds. The first-order valence-electron chi connectivity index (χ1n) is 8.56. The number of hydrogen-bond donors (Lipinski definition) is 0. The molecule has 1 aromatic heterocycles. The summed E-state index contributed by atoms with van der Waals surface area (Å²) in [4.78, 5) is 20.5. The molecule has 0 bridgehead atoms. The van der Waals surface area contributed by atoms with Crippen LogP contribution < -0.4 is 5.01 Å². The van der Waals surface area contributed by atoms with E-state index in [2.05, 4.69) is 10.1 Å². The second kappa shape index (κ2) is 7.95. The summed E-state index contributed by atoms with van der Waals surface area (Å²) in [5, 5.41) is 7.31. The van der Waals surface area contributed by atoms with Gasteiger partial charge in [-0.1, -0.05) is 35.1 Å². The first-order chi connectivity index (χ1) is 13.5. The summed E-state index contributed by atoms with van der Waals surface area (Å²) in [7, 11) is 3.79. The van der Waals surface area contributed by atoms with Crippen LogP contribution in [0.15, 0.2) is 70.3 Å². The number of para-hydroxylation sites is 1. The summed E-state index contributed by atoms with van der Waals surface area (Å²) < 4.78 is 1.03. The molecule has 8 heteroatoms. The predicted octanol–water partition coefficient (Wildman–Crippen LogP) is 4.89. The Labute approximate surface area is 176 Å². The van der Waals surface area contributed by atoms with Gasteiger partial charge in [0.15, 0.2) is 0 Å². The lowest BCUT2D eigenvalue weighted by atomic mass is 10.2. The quantitative estimate of drug-likeness (QED) is 0.428. The van der Waals surface area contributed by atoms with E-state index in [4.69, 9.17) is 11.6 Å². The molecule has 0 unspecified atom stereocenters. The van der Waals surface area contributed by atoms with Crippen molar-refractivity contribution >= 4 is 61.7 Å². The van der Waals surface area contributed by atoms with E-state index in [0.717, 1.165) is 20.8 Å². The van der Waals surface area contributed by atoms with Crippen molar-refractivity contribution in [3.8, 4) is 0 Å². The highest BCUT2D eigenvalue weighted by molar-refractivity contribution is 8.00. The number of anilines is 1. The molecule has 28 heavy (non-hydrogen) atoms. The van der Waals surface area contributed by atoms with Crippen molar-refractivity contribution < 1.29 is 4.79 Å². The van der Waals surface area contributed by atoms with Crippen LogP contribution in [-0.2, 0) is 4.79 Å². The molecule has 1 aliphatic heterocycles. The Hall–Kier alpha value is -2.35. The smallest absolute Gasteiger partial charge is 0.284 e. The van der Waals surface area contributed by atoms with Crippen LogP contribution >= 0.6 is 34.7 Å². The number of amides is 1. The summed E-state index contributed by atoms with van der Waals surface area (Å²) in [6.45, 7) is 0. The van der Waals surface area contributed by atoms with Gasteiger partial charge < -0.3 is 4.90 Å². The fraction of sp³-hybridized carbons (Fsp3) is 0.150. The third-order valence-electron chi connectivity index (χ3n) is 3.99. The molecule has 142 valence electrons. The zero-order valence-corrected chi connectivity index (χ0v) is 17.7. The molecule has 0 spiro atoms. The highest BCUT2D eigenvalue weighted by atomic mass is 35.5. The Kier molecular flexibility index (Phi) is 5.39. The normalized spacial score (nSPS) is 15.5. The molecule has 4 rings (SSSR count). The van der Waals surface area contributed by atoms with Crippen LogP contribution in [0, 0.1) is 0 Å². The summed E-state index contributed by atoms with van der Waals surface area (Å²) in [6.07, 6.45) is 1.82. The average molecular weight is 429 g/mol. The molecule has 0 saturated heterocycles. The fourth-order valence-electron chi connectivity index (χ4n) is 2.71. The van der Waals surface area contributed by atoms with Gasteiger partial charge in [0, 0.05) is 36.0 Å². The van der Waals surface area contributed by atoms with Crippen molar-refractivity contribution in [1.82, 2.24) is 9.88 Å². The van der Waals surface area contributed by atoms with E-state index in [9.17, 15) is 4.79 Å². The van der Waals surface area contributed by atoms with Gasteiger partial charge in [0.05, 0.1) is 21.5 Å². The van der Waals surface area contributed by atoms with E-state index < -0.39 is 0 Å². The van der Waals surface area contributed by atoms with Gasteiger partial charge in [-0.25, -0.2) is 4.98 Å². The Morgan fingerprint density at radius 3 is 2.64 bits per heavy atom. The van der Waals surface area contributed by atoms with Crippen LogP contribution in [0.3, 0.4) is 0 Å². The SMILES string of the molecule is CN(C)C=C1C(=O)N(c2nc3ccccc3s2)N=C1CSc1ccc(Cl)cc1. The van der Waals surface area contributed by atoms with Gasteiger partial charge in [0.25, 0.3) is 5.91 Å². The second-order valence-corrected chi connectivity index (χ2v) is 8.87. The Morgan fingerprint density at radius 1 is 1.18 bits per heavy atom. The van der Waals surface area contributed by atoms with Crippen molar-refractivity contribution in [3.63, 3.8) is 0 Å². The molecule has 0 saturated carbocycles. The largest absolute Gasteiger partial charge is 0.383 e. The first-order valence-corrected chi connectivity index (χ1v) is 10.7. The van der Waals surface area contributed by atoms with Gasteiger partial charge in [0.1, 0.15) is 0 Å². The van der Waals surface area contributed by atoms with E-state index in [1.54, 1.807) is 11.8 Å². The van der Waals surface area contributed by atoms with E-state index in [1.165, 1.54) is 16.3 Å². The number of benzene rings is 2. The van der Waals surface area contributed by atoms with Gasteiger partial charge in [-0.3, -0.25) is 4.79 Å². The van der Waals surface area contributed by atoms with Gasteiger partial charge in [-0.15, -0.1) is 11.8 Å². The minimum Gasteiger partial charge on any atom is -0.383 e. The standard InChI is InChI=1S/C20H17ClN4OS2/c1-24(2)11-15-17(12-27-14-9-7-13(21)8-10-14)23-25(19(15)26)20-22-16-5-3-4-6-18(16)28-20/h3-11H,12H2,1-2H3. The van der Waals surface area contributed by atoms with Gasteiger partial charge in [0.2, 0.25) is 5.13 Å². The molecule has 1 aliphatic rings. The Balaban J connectivity index is 1.63. The molecular formula is C20H17ClN4OS2. The second-order valence-electron chi connectivity index (χ2n) is 6.38. The van der Waals surface area contributed by atoms with Crippen molar-refractivity contribution in [2.45, 2.75) is 4.90 Å². The Bertz CT molecular complexity index is 1060. The molecule has 0 atom stereocenters. The average Bonchev–Trinajstić information content (AvgIpc) is 3.23. The van der Waals surface area contributed by atoms with E-state index >= 15 is 0 Å². The third kappa shape index (κ3) is 3.92. The lowest BCUT2D eigenvalue weighted by Gasteiger charge is -2.09. The molecule has 0 aliphatic carbocycles. The predicted molar refractivity (Wildman–Crippen MR) is 118 cm³/mol. The van der Waals surface area contributed by atoms with E-state index in [0.29, 0.717) is 21.5 Å². The monoisotopic (exact) mass is 428 g/mol. The highest BCUT2D eigenvalue weighted by Crippen LogP contribution is 2.33. The number of thiazole rings is 1. The van der Waals surface area contributed by atoms with Crippen molar-refractivity contribution in [1.29, 1.82) is 0 Å². The van der Waals surface area contributed by atoms with Crippen LogP contribution in [-0.4, -0.2) is 41.4 Å². The number of nitrogens with zero attached hydrogens (tertiary/aromatic N) is 4. The maximum absolute atomic E-state index is 13.0. The van der Waals surface area contributed by atoms with Crippen molar-refractivity contribution in [2.75, 3.05) is 24.9 Å². The van der Waals surface area contributed by atoms with Crippen LogP contribution in [0.2, 0.25) is 5.02 Å². The van der Waals surface area contributed by atoms with Gasteiger partial charge >= 0.3 is 0 Å². The summed E-state index contributed by atoms with van der Waals surface area (Å²) in [6, 6.07) is 15.5. The number of aromatic nitrogens is 1. The summed E-state index contributed by atoms with van der Waals surface area (Å²) in [5.74, 6) is 0.425. The number of halogens is 1. The molecule has 2 aromatic carbocycles. The molecular weight excluding hydrogens is 412 g/mol. The lowest BCUT2D eigenvalue weighted by Crippen LogP contribution is -2.22. The van der Waals surface area contributed by atoms with E-state index in [1.807, 2.05) is 73.7 Å². The van der Waals surface area contributed by atoms with Crippen LogP contribution in [0.1, 0.15) is 0 Å². The molecule has 5 nitrogen and oxygen atoms in total. The van der Waals surface area contributed by atoms with Crippen LogP contribution in [0.5, 0.6) is 0 Å². The minimum atomic E-state index is -0.153.